The van der Waals surface area contributed by atoms with Gasteiger partial charge in [0.2, 0.25) is 5.95 Å². The Kier molecular flexibility index (Phi) is 5.43. The van der Waals surface area contributed by atoms with Crippen molar-refractivity contribution in [3.05, 3.63) is 46.4 Å². The Morgan fingerprint density at radius 2 is 2.14 bits per heavy atom. The van der Waals surface area contributed by atoms with Crippen LogP contribution in [0.3, 0.4) is 0 Å². The van der Waals surface area contributed by atoms with Crippen LogP contribution in [0.4, 0.5) is 5.95 Å². The first-order valence-electron chi connectivity index (χ1n) is 7.28. The Labute approximate surface area is 124 Å². The van der Waals surface area contributed by atoms with Crippen LogP contribution in [0.5, 0.6) is 0 Å². The maximum atomic E-state index is 12.0. The molecule has 0 aromatic carbocycles. The molecule has 2 aromatic heterocycles. The molecule has 0 fully saturated rings. The van der Waals surface area contributed by atoms with Gasteiger partial charge in [0.1, 0.15) is 6.33 Å². The van der Waals surface area contributed by atoms with Crippen LogP contribution in [0.15, 0.2) is 29.5 Å². The van der Waals surface area contributed by atoms with Gasteiger partial charge in [0.25, 0.3) is 0 Å². The summed E-state index contributed by atoms with van der Waals surface area (Å²) in [6, 6.07) is 3.85. The fourth-order valence-corrected chi connectivity index (χ4v) is 1.97. The topological polar surface area (TPSA) is 72.7 Å². The van der Waals surface area contributed by atoms with Crippen molar-refractivity contribution in [1.29, 1.82) is 0 Å². The summed E-state index contributed by atoms with van der Waals surface area (Å²) in [4.78, 5) is 24.4. The van der Waals surface area contributed by atoms with Crippen LogP contribution >= 0.6 is 0 Å². The number of aromatic nitrogens is 4. The van der Waals surface area contributed by atoms with Crippen LogP contribution in [-0.4, -0.2) is 26.1 Å². The van der Waals surface area contributed by atoms with E-state index in [-0.39, 0.29) is 5.69 Å². The zero-order valence-corrected chi connectivity index (χ0v) is 12.5. The Balaban J connectivity index is 2.02. The fraction of sp³-hybridized carbons (Fsp3) is 0.467. The van der Waals surface area contributed by atoms with Crippen LogP contribution in [0.1, 0.15) is 37.4 Å². The zero-order chi connectivity index (χ0) is 15.1. The molecule has 0 bridgehead atoms. The van der Waals surface area contributed by atoms with E-state index in [4.69, 9.17) is 0 Å². The average molecular weight is 287 g/mol. The van der Waals surface area contributed by atoms with Crippen molar-refractivity contribution >= 4 is 5.95 Å². The van der Waals surface area contributed by atoms with Crippen molar-refractivity contribution in [2.24, 2.45) is 0 Å². The Bertz CT molecular complexity index is 638. The van der Waals surface area contributed by atoms with Gasteiger partial charge in [0.05, 0.1) is 12.2 Å². The van der Waals surface area contributed by atoms with Gasteiger partial charge in [0.15, 0.2) is 0 Å². The summed E-state index contributed by atoms with van der Waals surface area (Å²) in [6.45, 7) is 5.30. The molecule has 0 radical (unpaired) electrons. The summed E-state index contributed by atoms with van der Waals surface area (Å²) in [5, 5.41) is 3.07. The third kappa shape index (κ3) is 4.37. The maximum Gasteiger partial charge on any atom is 0.352 e. The first-order chi connectivity index (χ1) is 10.2. The number of nitrogens with one attached hydrogen (secondary N) is 1. The third-order valence-corrected chi connectivity index (χ3v) is 3.27. The highest BCUT2D eigenvalue weighted by molar-refractivity contribution is 5.21. The summed E-state index contributed by atoms with van der Waals surface area (Å²) in [6.07, 6.45) is 6.61. The molecule has 21 heavy (non-hydrogen) atoms. The molecule has 0 saturated carbocycles. The van der Waals surface area contributed by atoms with Gasteiger partial charge in [0, 0.05) is 12.7 Å². The number of aryl methyl sites for hydroxylation is 1. The van der Waals surface area contributed by atoms with E-state index in [1.54, 1.807) is 6.20 Å². The smallest absolute Gasteiger partial charge is 0.352 e. The summed E-state index contributed by atoms with van der Waals surface area (Å²) < 4.78 is 1.46. The first kappa shape index (κ1) is 15.2. The van der Waals surface area contributed by atoms with E-state index in [1.807, 2.05) is 19.1 Å². The van der Waals surface area contributed by atoms with Gasteiger partial charge >= 0.3 is 5.69 Å². The molecule has 112 valence electrons. The predicted molar refractivity (Wildman–Crippen MR) is 82.4 cm³/mol. The molecule has 0 atom stereocenters. The highest BCUT2D eigenvalue weighted by Gasteiger charge is 2.05. The first-order valence-corrected chi connectivity index (χ1v) is 7.28. The zero-order valence-electron chi connectivity index (χ0n) is 12.5. The average Bonchev–Trinajstić information content (AvgIpc) is 2.48. The number of hydrogen-bond donors (Lipinski definition) is 1. The molecule has 0 aliphatic rings. The quantitative estimate of drug-likeness (QED) is 0.788. The SMILES string of the molecule is CCCCCNc1ncn(Cc2ncccc2C)c(=O)n1. The minimum absolute atomic E-state index is 0.312. The highest BCUT2D eigenvalue weighted by atomic mass is 16.1. The molecule has 0 aliphatic carbocycles. The number of rotatable bonds is 7. The standard InChI is InChI=1S/C15H21N5O/c1-3-4-5-8-17-14-18-11-20(15(21)19-14)10-13-12(2)7-6-9-16-13/h6-7,9,11H,3-5,8,10H2,1-2H3,(H,17,19,21). The van der Waals surface area contributed by atoms with Crippen molar-refractivity contribution in [2.75, 3.05) is 11.9 Å². The molecule has 2 heterocycles. The minimum atomic E-state index is -0.312. The van der Waals surface area contributed by atoms with Gasteiger partial charge in [-0.3, -0.25) is 9.55 Å². The number of anilines is 1. The molecule has 0 unspecified atom stereocenters. The van der Waals surface area contributed by atoms with Crippen LogP contribution < -0.4 is 11.0 Å². The number of pyridine rings is 1. The number of unbranched alkanes of at least 4 members (excludes halogenated alkanes) is 2. The van der Waals surface area contributed by atoms with Crippen molar-refractivity contribution in [3.8, 4) is 0 Å². The van der Waals surface area contributed by atoms with Gasteiger partial charge in [-0.2, -0.15) is 4.98 Å². The van der Waals surface area contributed by atoms with E-state index in [0.717, 1.165) is 37.1 Å². The summed E-state index contributed by atoms with van der Waals surface area (Å²) in [5.74, 6) is 0.394. The Hall–Kier alpha value is -2.24. The van der Waals surface area contributed by atoms with Crippen molar-refractivity contribution in [3.63, 3.8) is 0 Å². The molecule has 0 amide bonds. The predicted octanol–water partition coefficient (Wildman–Crippen LogP) is 1.99. The van der Waals surface area contributed by atoms with Gasteiger partial charge in [-0.25, -0.2) is 9.78 Å². The lowest BCUT2D eigenvalue weighted by molar-refractivity contribution is 0.680. The van der Waals surface area contributed by atoms with Crippen molar-refractivity contribution < 1.29 is 0 Å². The molecule has 2 aromatic rings. The molecule has 1 N–H and O–H groups in total. The summed E-state index contributed by atoms with van der Waals surface area (Å²) >= 11 is 0. The molecular formula is C15H21N5O. The Morgan fingerprint density at radius 3 is 2.86 bits per heavy atom. The van der Waals surface area contributed by atoms with E-state index in [2.05, 4.69) is 27.2 Å². The van der Waals surface area contributed by atoms with E-state index >= 15 is 0 Å². The lowest BCUT2D eigenvalue weighted by Crippen LogP contribution is -2.26. The van der Waals surface area contributed by atoms with E-state index in [1.165, 1.54) is 10.9 Å². The largest absolute Gasteiger partial charge is 0.354 e. The second-order valence-electron chi connectivity index (χ2n) is 4.99. The lowest BCUT2D eigenvalue weighted by atomic mass is 10.2. The van der Waals surface area contributed by atoms with Gasteiger partial charge < -0.3 is 5.32 Å². The molecule has 0 spiro atoms. The van der Waals surface area contributed by atoms with Crippen LogP contribution in [0, 0.1) is 6.92 Å². The molecule has 6 nitrogen and oxygen atoms in total. The van der Waals surface area contributed by atoms with Crippen LogP contribution in [0.2, 0.25) is 0 Å². The number of nitrogens with zero attached hydrogens (tertiary/aromatic N) is 4. The Morgan fingerprint density at radius 1 is 1.29 bits per heavy atom. The number of hydrogen-bond acceptors (Lipinski definition) is 5. The van der Waals surface area contributed by atoms with E-state index in [9.17, 15) is 4.79 Å². The second kappa shape index (κ2) is 7.52. The van der Waals surface area contributed by atoms with Crippen molar-refractivity contribution in [2.45, 2.75) is 39.7 Å². The maximum absolute atomic E-state index is 12.0. The van der Waals surface area contributed by atoms with Crippen LogP contribution in [0.25, 0.3) is 0 Å². The van der Waals surface area contributed by atoms with Gasteiger partial charge in [-0.05, 0) is 25.0 Å². The monoisotopic (exact) mass is 287 g/mol. The van der Waals surface area contributed by atoms with Gasteiger partial charge in [-0.1, -0.05) is 25.8 Å². The minimum Gasteiger partial charge on any atom is -0.354 e. The highest BCUT2D eigenvalue weighted by Crippen LogP contribution is 2.04. The molecule has 2 rings (SSSR count). The summed E-state index contributed by atoms with van der Waals surface area (Å²) in [5.41, 5.74) is 1.59. The molecule has 6 heteroatoms. The summed E-state index contributed by atoms with van der Waals surface area (Å²) in [7, 11) is 0. The van der Waals surface area contributed by atoms with Gasteiger partial charge in [-0.15, -0.1) is 0 Å². The normalized spacial score (nSPS) is 10.6. The lowest BCUT2D eigenvalue weighted by Gasteiger charge is -2.08. The second-order valence-corrected chi connectivity index (χ2v) is 4.99. The molecule has 0 saturated heterocycles. The van der Waals surface area contributed by atoms with E-state index < -0.39 is 0 Å². The third-order valence-electron chi connectivity index (χ3n) is 3.27. The van der Waals surface area contributed by atoms with Crippen molar-refractivity contribution in [1.82, 2.24) is 19.5 Å². The van der Waals surface area contributed by atoms with Crippen LogP contribution in [-0.2, 0) is 6.54 Å². The molecule has 0 aliphatic heterocycles. The van der Waals surface area contributed by atoms with E-state index in [0.29, 0.717) is 12.5 Å². The fourth-order valence-electron chi connectivity index (χ4n) is 1.97. The molecular weight excluding hydrogens is 266 g/mol.